The number of benzene rings is 4. The van der Waals surface area contributed by atoms with Crippen LogP contribution in [-0.2, 0) is 31.9 Å². The fourth-order valence-electron chi connectivity index (χ4n) is 5.00. The second-order valence-electron chi connectivity index (χ2n) is 12.3. The van der Waals surface area contributed by atoms with Crippen LogP contribution in [0.3, 0.4) is 0 Å². The Labute approximate surface area is 316 Å². The second-order valence-corrected chi connectivity index (χ2v) is 12.3. The van der Waals surface area contributed by atoms with Crippen molar-refractivity contribution in [3.63, 3.8) is 0 Å². The highest BCUT2D eigenvalue weighted by atomic mass is 16.5. The lowest BCUT2D eigenvalue weighted by molar-refractivity contribution is -0.134. The summed E-state index contributed by atoms with van der Waals surface area (Å²) in [6.45, 7) is 5.16. The molecular formula is C42H50N2O10. The van der Waals surface area contributed by atoms with Gasteiger partial charge >= 0.3 is 23.9 Å². The molecule has 12 heteroatoms. The number of aliphatic hydroxyl groups is 2. The van der Waals surface area contributed by atoms with Crippen LogP contribution < -0.4 is 10.6 Å². The number of rotatable bonds is 16. The minimum Gasteiger partial charge on any atom is -0.478 e. The molecule has 0 heterocycles. The Morgan fingerprint density at radius 3 is 1.17 bits per heavy atom. The smallest absolute Gasteiger partial charge is 0.337 e. The molecule has 0 bridgehead atoms. The van der Waals surface area contributed by atoms with Gasteiger partial charge in [-0.2, -0.15) is 0 Å². The van der Waals surface area contributed by atoms with Crippen molar-refractivity contribution in [1.29, 1.82) is 0 Å². The van der Waals surface area contributed by atoms with Gasteiger partial charge in [-0.1, -0.05) is 84.9 Å². The SMILES string of the molecule is COC(=O)c1ccc([14CH2][C@@H](C)NC[C@H](O)c2ccccc2)cc1.COC(=O)c1ccc([14CH2][C@@H](C)NC[C@H](O)c2ccccc2)cc1.O=C(O)/C=C/C(=O)O. The van der Waals surface area contributed by atoms with Crippen LogP contribution in [0.15, 0.2) is 121 Å². The van der Waals surface area contributed by atoms with Gasteiger partial charge < -0.3 is 40.5 Å². The highest BCUT2D eigenvalue weighted by Gasteiger charge is 2.12. The summed E-state index contributed by atoms with van der Waals surface area (Å²) in [6, 6.07) is 34.5. The molecule has 0 saturated carbocycles. The fraction of sp³-hybridized carbons (Fsp3) is 0.286. The summed E-state index contributed by atoms with van der Waals surface area (Å²) in [5.74, 6) is -3.16. The number of carboxylic acids is 2. The molecule has 0 fully saturated rings. The van der Waals surface area contributed by atoms with Gasteiger partial charge in [0.25, 0.3) is 0 Å². The number of hydrogen-bond donors (Lipinski definition) is 6. The molecule has 0 aromatic heterocycles. The van der Waals surface area contributed by atoms with Gasteiger partial charge in [-0.25, -0.2) is 19.2 Å². The van der Waals surface area contributed by atoms with E-state index in [-0.39, 0.29) is 24.0 Å². The van der Waals surface area contributed by atoms with Crippen LogP contribution in [0.5, 0.6) is 0 Å². The Kier molecular flexibility index (Phi) is 20.2. The minimum absolute atomic E-state index is 0.220. The maximum Gasteiger partial charge on any atom is 0.337 e. The monoisotopic (exact) mass is 746 g/mol. The van der Waals surface area contributed by atoms with Crippen molar-refractivity contribution < 1.29 is 49.1 Å². The van der Waals surface area contributed by atoms with Crippen molar-refractivity contribution in [2.75, 3.05) is 27.3 Å². The molecule has 54 heavy (non-hydrogen) atoms. The molecule has 0 radical (unpaired) electrons. The van der Waals surface area contributed by atoms with Gasteiger partial charge in [0.2, 0.25) is 0 Å². The molecule has 12 nitrogen and oxygen atoms in total. The van der Waals surface area contributed by atoms with Gasteiger partial charge in [0, 0.05) is 37.3 Å². The number of carboxylic acid groups (broad SMARTS) is 2. The van der Waals surface area contributed by atoms with Crippen LogP contribution in [0.1, 0.15) is 69.0 Å². The topological polar surface area (TPSA) is 192 Å². The molecule has 0 unspecified atom stereocenters. The van der Waals surface area contributed by atoms with Crippen molar-refractivity contribution in [2.24, 2.45) is 0 Å². The zero-order valence-corrected chi connectivity index (χ0v) is 30.9. The first-order chi connectivity index (χ1) is 25.8. The highest BCUT2D eigenvalue weighted by Crippen LogP contribution is 2.14. The lowest BCUT2D eigenvalue weighted by Crippen LogP contribution is -2.32. The summed E-state index contributed by atoms with van der Waals surface area (Å²) >= 11 is 0. The van der Waals surface area contributed by atoms with Gasteiger partial charge in [-0.3, -0.25) is 0 Å². The third kappa shape index (κ3) is 17.7. The molecule has 0 saturated heterocycles. The van der Waals surface area contributed by atoms with Crippen LogP contribution in [0.25, 0.3) is 0 Å². The quantitative estimate of drug-likeness (QED) is 0.0653. The van der Waals surface area contributed by atoms with Gasteiger partial charge in [0.05, 0.1) is 37.6 Å². The van der Waals surface area contributed by atoms with E-state index >= 15 is 0 Å². The summed E-state index contributed by atoms with van der Waals surface area (Å²) in [7, 11) is 2.75. The molecule has 0 aliphatic rings. The predicted octanol–water partition coefficient (Wildman–Crippen LogP) is 5.17. The molecule has 6 N–H and O–H groups in total. The summed E-state index contributed by atoms with van der Waals surface area (Å²) in [6.07, 6.45) is 1.73. The molecule has 4 rings (SSSR count). The van der Waals surface area contributed by atoms with Crippen LogP contribution in [0.2, 0.25) is 0 Å². The number of nitrogens with one attached hydrogen (secondary N) is 2. The largest absolute Gasteiger partial charge is 0.478 e. The van der Waals surface area contributed by atoms with E-state index in [2.05, 4.69) is 34.0 Å². The Morgan fingerprint density at radius 1 is 0.574 bits per heavy atom. The summed E-state index contributed by atoms with van der Waals surface area (Å²) < 4.78 is 9.37. The molecular weight excluding hydrogens is 696 g/mol. The second kappa shape index (κ2) is 24.6. The van der Waals surface area contributed by atoms with Crippen molar-refractivity contribution in [2.45, 2.75) is 51.0 Å². The van der Waals surface area contributed by atoms with E-state index in [1.807, 2.05) is 84.9 Å². The normalized spacial score (nSPS) is 12.8. The van der Waals surface area contributed by atoms with E-state index in [1.165, 1.54) is 14.2 Å². The van der Waals surface area contributed by atoms with Crippen LogP contribution in [0, 0.1) is 0 Å². The standard InChI is InChI=1S/2C19H23NO3.C4H4O4/c2*1-14(20-13-18(21)16-6-4-3-5-7-16)12-15-8-10-17(11-9-15)19(22)23-2;5-3(6)1-2-4(7)8/h2*3-11,14,18,20-21H,12-13H2,1-2H3;1-2H,(H,5,6)(H,7,8)/b;;2-1+/t2*14-,18+;/m11./s1/i2*12+2;. The van der Waals surface area contributed by atoms with E-state index in [0.717, 1.165) is 35.1 Å². The van der Waals surface area contributed by atoms with E-state index < -0.39 is 24.1 Å². The van der Waals surface area contributed by atoms with E-state index in [1.54, 1.807) is 24.3 Å². The number of carbonyl (C=O) groups is 4. The Bertz CT molecular complexity index is 1600. The van der Waals surface area contributed by atoms with Crippen LogP contribution >= 0.6 is 0 Å². The molecule has 0 spiro atoms. The van der Waals surface area contributed by atoms with Gasteiger partial charge in [0.15, 0.2) is 0 Å². The molecule has 0 aliphatic carbocycles. The van der Waals surface area contributed by atoms with Crippen molar-refractivity contribution in [1.82, 2.24) is 10.6 Å². The number of methoxy groups -OCH3 is 2. The summed E-state index contributed by atoms with van der Waals surface area (Å²) in [4.78, 5) is 41.9. The van der Waals surface area contributed by atoms with Gasteiger partial charge in [-0.15, -0.1) is 0 Å². The Balaban J connectivity index is 0.000000312. The number of aliphatic hydroxyl groups excluding tert-OH is 2. The number of ether oxygens (including phenoxy) is 2. The number of aliphatic carboxylic acids is 2. The third-order valence-electron chi connectivity index (χ3n) is 7.89. The van der Waals surface area contributed by atoms with Crippen molar-refractivity contribution in [3.8, 4) is 0 Å². The number of hydrogen-bond acceptors (Lipinski definition) is 10. The highest BCUT2D eigenvalue weighted by molar-refractivity contribution is 5.90. The fourth-order valence-corrected chi connectivity index (χ4v) is 5.00. The number of esters is 2. The average Bonchev–Trinajstić information content (AvgIpc) is 3.19. The minimum atomic E-state index is -1.26. The van der Waals surface area contributed by atoms with Gasteiger partial charge in [-0.05, 0) is 73.2 Å². The Morgan fingerprint density at radius 2 is 0.889 bits per heavy atom. The molecule has 0 amide bonds. The molecule has 4 aromatic carbocycles. The molecule has 4 atom stereocenters. The Hall–Kier alpha value is -5.66. The first-order valence-corrected chi connectivity index (χ1v) is 17.2. The molecule has 4 aromatic rings. The van der Waals surface area contributed by atoms with Crippen molar-refractivity contribution in [3.05, 3.63) is 155 Å². The van der Waals surface area contributed by atoms with Crippen molar-refractivity contribution >= 4 is 23.9 Å². The predicted molar refractivity (Wildman–Crippen MR) is 205 cm³/mol. The first kappa shape index (κ1) is 44.5. The summed E-state index contributed by atoms with van der Waals surface area (Å²) in [5, 5.41) is 42.6. The van der Waals surface area contributed by atoms with E-state index in [9.17, 15) is 29.4 Å². The van der Waals surface area contributed by atoms with Crippen LogP contribution in [-0.4, -0.2) is 83.7 Å². The zero-order valence-electron chi connectivity index (χ0n) is 30.9. The molecule has 0 aliphatic heterocycles. The third-order valence-corrected chi connectivity index (χ3v) is 7.89. The first-order valence-electron chi connectivity index (χ1n) is 17.2. The maximum absolute atomic E-state index is 11.4. The number of carbonyl (C=O) groups excluding carboxylic acids is 2. The van der Waals surface area contributed by atoms with Gasteiger partial charge in [0.1, 0.15) is 0 Å². The lowest BCUT2D eigenvalue weighted by atomic mass is 10.1. The average molecular weight is 747 g/mol. The molecule has 288 valence electrons. The zero-order chi connectivity index (χ0) is 39.9. The lowest BCUT2D eigenvalue weighted by Gasteiger charge is -2.17. The summed E-state index contributed by atoms with van der Waals surface area (Å²) in [5.41, 5.74) is 5.19. The van der Waals surface area contributed by atoms with E-state index in [4.69, 9.17) is 10.2 Å². The van der Waals surface area contributed by atoms with Crippen LogP contribution in [0.4, 0.5) is 0 Å². The maximum atomic E-state index is 11.4. The van der Waals surface area contributed by atoms with E-state index in [0.29, 0.717) is 36.4 Å².